The summed E-state index contributed by atoms with van der Waals surface area (Å²) < 4.78 is 53.1. The van der Waals surface area contributed by atoms with Crippen molar-refractivity contribution in [2.75, 3.05) is 13.2 Å². The van der Waals surface area contributed by atoms with Crippen LogP contribution in [0.1, 0.15) is 18.1 Å². The lowest BCUT2D eigenvalue weighted by molar-refractivity contribution is -0.137. The van der Waals surface area contributed by atoms with Gasteiger partial charge in [-0.15, -0.1) is 0 Å². The highest BCUT2D eigenvalue weighted by atomic mass is 79.9. The quantitative estimate of drug-likeness (QED) is 0.174. The molecule has 1 aromatic heterocycles. The van der Waals surface area contributed by atoms with Crippen LogP contribution >= 0.6 is 15.9 Å². The van der Waals surface area contributed by atoms with Gasteiger partial charge in [0.2, 0.25) is 0 Å². The summed E-state index contributed by atoms with van der Waals surface area (Å²) in [6, 6.07) is 14.6. The predicted octanol–water partition coefficient (Wildman–Crippen LogP) is 6.69. The van der Waals surface area contributed by atoms with Gasteiger partial charge in [-0.25, -0.2) is 4.98 Å². The van der Waals surface area contributed by atoms with Crippen molar-refractivity contribution in [3.05, 3.63) is 99.3 Å². The fraction of sp³-hybridized carbons (Fsp3) is 0.148. The number of nitrogens with zero attached hydrogens (tertiary/aromatic N) is 3. The number of rotatable bonds is 8. The Bertz CT molecular complexity index is 1550. The van der Waals surface area contributed by atoms with Crippen molar-refractivity contribution in [1.29, 1.82) is 0 Å². The van der Waals surface area contributed by atoms with Crippen LogP contribution in [0.5, 0.6) is 11.5 Å². The number of ether oxygens (including phenoxy) is 2. The van der Waals surface area contributed by atoms with Crippen LogP contribution < -0.4 is 15.0 Å². The van der Waals surface area contributed by atoms with Crippen LogP contribution in [0.25, 0.3) is 22.3 Å². The van der Waals surface area contributed by atoms with E-state index >= 15 is 0 Å². The third-order valence-corrected chi connectivity index (χ3v) is 5.79. The van der Waals surface area contributed by atoms with E-state index in [2.05, 4.69) is 32.6 Å². The van der Waals surface area contributed by atoms with Gasteiger partial charge in [-0.2, -0.15) is 22.9 Å². The maximum Gasteiger partial charge on any atom is 0.416 e. The van der Waals surface area contributed by atoms with Gasteiger partial charge in [0, 0.05) is 5.56 Å². The van der Waals surface area contributed by atoms with Gasteiger partial charge in [0.15, 0.2) is 17.3 Å². The van der Waals surface area contributed by atoms with Crippen molar-refractivity contribution >= 4 is 33.0 Å². The number of fused-ring (bicyclic) bond motifs is 1. The lowest BCUT2D eigenvalue weighted by atomic mass is 10.1. The molecule has 190 valence electrons. The van der Waals surface area contributed by atoms with Crippen LogP contribution in [-0.4, -0.2) is 29.1 Å². The normalized spacial score (nSPS) is 11.7. The lowest BCUT2D eigenvalue weighted by Gasteiger charge is -2.14. The molecule has 0 saturated heterocycles. The Kier molecular flexibility index (Phi) is 7.77. The lowest BCUT2D eigenvalue weighted by Crippen LogP contribution is -2.20. The number of hydrogen-bond donors (Lipinski definition) is 0. The topological polar surface area (TPSA) is 65.7 Å². The first-order chi connectivity index (χ1) is 17.7. The van der Waals surface area contributed by atoms with Gasteiger partial charge in [0.25, 0.3) is 5.56 Å². The number of para-hydroxylation sites is 1. The average molecular weight is 572 g/mol. The Balaban J connectivity index is 1.87. The largest absolute Gasteiger partial charge is 0.490 e. The van der Waals surface area contributed by atoms with Gasteiger partial charge < -0.3 is 9.47 Å². The maximum absolute atomic E-state index is 13.4. The monoisotopic (exact) mass is 571 g/mol. The number of benzene rings is 3. The summed E-state index contributed by atoms with van der Waals surface area (Å²) in [7, 11) is 0. The Morgan fingerprint density at radius 3 is 2.62 bits per heavy atom. The van der Waals surface area contributed by atoms with Crippen LogP contribution in [0.15, 0.2) is 87.7 Å². The zero-order valence-corrected chi connectivity index (χ0v) is 21.2. The van der Waals surface area contributed by atoms with Gasteiger partial charge >= 0.3 is 6.18 Å². The molecule has 0 bridgehead atoms. The highest BCUT2D eigenvalue weighted by molar-refractivity contribution is 9.10. The molecule has 0 aliphatic rings. The minimum atomic E-state index is -4.56. The SMILES string of the molecule is C=CCOc1c(Br)cc(C=Nn2c(-c3cccc(C(F)(F)F)c3)nc3ccccc3c2=O)cc1OCC. The molecule has 1 heterocycles. The van der Waals surface area contributed by atoms with E-state index in [1.54, 1.807) is 42.5 Å². The highest BCUT2D eigenvalue weighted by Gasteiger charge is 2.31. The molecule has 0 atom stereocenters. The molecule has 0 radical (unpaired) electrons. The van der Waals surface area contributed by atoms with Gasteiger partial charge in [-0.1, -0.05) is 36.9 Å². The predicted molar refractivity (Wildman–Crippen MR) is 140 cm³/mol. The van der Waals surface area contributed by atoms with Crippen LogP contribution in [-0.2, 0) is 6.18 Å². The molecule has 0 aliphatic heterocycles. The van der Waals surface area contributed by atoms with E-state index in [4.69, 9.17) is 9.47 Å². The number of halogens is 4. The molecule has 4 aromatic rings. The van der Waals surface area contributed by atoms with Gasteiger partial charge in [0.05, 0.1) is 33.8 Å². The zero-order valence-electron chi connectivity index (χ0n) is 19.6. The first-order valence-electron chi connectivity index (χ1n) is 11.2. The number of alkyl halides is 3. The summed E-state index contributed by atoms with van der Waals surface area (Å²) in [4.78, 5) is 17.8. The van der Waals surface area contributed by atoms with E-state index in [9.17, 15) is 18.0 Å². The molecule has 0 aliphatic carbocycles. The smallest absolute Gasteiger partial charge is 0.416 e. The van der Waals surface area contributed by atoms with Crippen LogP contribution in [0.2, 0.25) is 0 Å². The average Bonchev–Trinajstić information content (AvgIpc) is 2.87. The van der Waals surface area contributed by atoms with Crippen molar-refractivity contribution in [3.8, 4) is 22.9 Å². The van der Waals surface area contributed by atoms with Crippen molar-refractivity contribution in [2.45, 2.75) is 13.1 Å². The van der Waals surface area contributed by atoms with E-state index < -0.39 is 17.3 Å². The number of aromatic nitrogens is 2. The summed E-state index contributed by atoms with van der Waals surface area (Å²) in [6.45, 7) is 6.12. The molecular weight excluding hydrogens is 551 g/mol. The molecule has 10 heteroatoms. The molecule has 0 unspecified atom stereocenters. The van der Waals surface area contributed by atoms with Gasteiger partial charge in [-0.3, -0.25) is 4.79 Å². The second kappa shape index (κ2) is 11.0. The maximum atomic E-state index is 13.4. The molecule has 37 heavy (non-hydrogen) atoms. The van der Waals surface area contributed by atoms with E-state index in [0.717, 1.165) is 16.8 Å². The van der Waals surface area contributed by atoms with Crippen LogP contribution in [0.3, 0.4) is 0 Å². The Labute approximate surface area is 218 Å². The molecule has 0 spiro atoms. The molecule has 6 nitrogen and oxygen atoms in total. The fourth-order valence-corrected chi connectivity index (χ4v) is 4.16. The second-order valence-corrected chi connectivity index (χ2v) is 8.61. The van der Waals surface area contributed by atoms with Gasteiger partial charge in [0.1, 0.15) is 6.61 Å². The standard InChI is InChI=1S/C27H21BrF3N3O3/c1-3-12-37-24-21(28)13-17(14-23(24)36-4-2)16-32-34-25(18-8-7-9-19(15-18)27(29,30)31)33-22-11-6-5-10-20(22)26(34)35/h3,5-11,13-16H,1,4,12H2,2H3. The molecule has 3 aromatic carbocycles. The summed E-state index contributed by atoms with van der Waals surface area (Å²) in [5.41, 5.74) is -0.389. The highest BCUT2D eigenvalue weighted by Crippen LogP contribution is 2.37. The molecule has 0 saturated carbocycles. The van der Waals surface area contributed by atoms with Gasteiger partial charge in [-0.05, 0) is 64.8 Å². The van der Waals surface area contributed by atoms with Crippen LogP contribution in [0.4, 0.5) is 13.2 Å². The Morgan fingerprint density at radius 2 is 1.89 bits per heavy atom. The first kappa shape index (κ1) is 26.2. The third kappa shape index (κ3) is 5.75. The molecule has 0 amide bonds. The second-order valence-electron chi connectivity index (χ2n) is 7.76. The van der Waals surface area contributed by atoms with E-state index in [1.165, 1.54) is 18.3 Å². The molecule has 0 fully saturated rings. The molecular formula is C27H21BrF3N3O3. The fourth-order valence-electron chi connectivity index (χ4n) is 3.58. The van der Waals surface area contributed by atoms with E-state index in [1.807, 2.05) is 6.92 Å². The number of hydrogen-bond acceptors (Lipinski definition) is 5. The third-order valence-electron chi connectivity index (χ3n) is 5.20. The first-order valence-corrected chi connectivity index (χ1v) is 12.0. The molecule has 4 rings (SSSR count). The molecule has 0 N–H and O–H groups in total. The van der Waals surface area contributed by atoms with Crippen molar-refractivity contribution < 1.29 is 22.6 Å². The summed E-state index contributed by atoms with van der Waals surface area (Å²) in [5, 5.41) is 4.61. The van der Waals surface area contributed by atoms with Crippen molar-refractivity contribution in [1.82, 2.24) is 9.66 Å². The summed E-state index contributed by atoms with van der Waals surface area (Å²) in [5.74, 6) is 0.899. The van der Waals surface area contributed by atoms with E-state index in [-0.39, 0.29) is 23.4 Å². The van der Waals surface area contributed by atoms with E-state index in [0.29, 0.717) is 33.7 Å². The Morgan fingerprint density at radius 1 is 1.11 bits per heavy atom. The zero-order chi connectivity index (χ0) is 26.6. The van der Waals surface area contributed by atoms with Crippen molar-refractivity contribution in [3.63, 3.8) is 0 Å². The Hall–Kier alpha value is -3.92. The van der Waals surface area contributed by atoms with Crippen LogP contribution in [0, 0.1) is 0 Å². The summed E-state index contributed by atoms with van der Waals surface area (Å²) >= 11 is 3.46. The van der Waals surface area contributed by atoms with Crippen molar-refractivity contribution in [2.24, 2.45) is 5.10 Å². The minimum absolute atomic E-state index is 0.0268. The minimum Gasteiger partial charge on any atom is -0.490 e. The summed E-state index contributed by atoms with van der Waals surface area (Å²) in [6.07, 6.45) is -1.55.